The zero-order chi connectivity index (χ0) is 22.0. The molecule has 5 N–H and O–H groups in total. The molecule has 11 heteroatoms. The van der Waals surface area contributed by atoms with Gasteiger partial charge < -0.3 is 25.5 Å². The third-order valence-corrected chi connectivity index (χ3v) is 7.04. The van der Waals surface area contributed by atoms with E-state index in [1.165, 1.54) is 24.6 Å². The summed E-state index contributed by atoms with van der Waals surface area (Å²) in [7, 11) is 0. The molecule has 0 amide bonds. The first kappa shape index (κ1) is 22.3. The molecule has 4 fully saturated rings. The number of quaternary nitrogens is 1. The van der Waals surface area contributed by atoms with Crippen LogP contribution in [0.15, 0.2) is 21.4 Å². The molecule has 30 heavy (non-hydrogen) atoms. The first-order valence-corrected chi connectivity index (χ1v) is 10.9. The molecule has 4 saturated carbocycles. The van der Waals surface area contributed by atoms with Gasteiger partial charge >= 0.3 is 11.9 Å². The maximum absolute atomic E-state index is 11.8. The van der Waals surface area contributed by atoms with Crippen LogP contribution in [-0.2, 0) is 19.1 Å². The number of amidine groups is 2. The summed E-state index contributed by atoms with van der Waals surface area (Å²) in [5.74, 6) is 1.66. The number of nitrogens with zero attached hydrogens (tertiary/aromatic N) is 2. The van der Waals surface area contributed by atoms with Crippen molar-refractivity contribution in [2.24, 2.45) is 45.3 Å². The summed E-state index contributed by atoms with van der Waals surface area (Å²) in [6, 6.07) is 0. The smallest absolute Gasteiger partial charge is 0.363 e. The first-order chi connectivity index (χ1) is 14.2. The van der Waals surface area contributed by atoms with Crippen molar-refractivity contribution in [3.8, 4) is 0 Å². The molecule has 1 aliphatic heterocycles. The molecular formula is C19H26N4O6S. The van der Waals surface area contributed by atoms with Crippen LogP contribution in [0.4, 0.5) is 0 Å². The number of hydrogen-bond donors (Lipinski definition) is 3. The fraction of sp³-hybridized carbons (Fsp3) is 0.632. The maximum atomic E-state index is 11.8. The van der Waals surface area contributed by atoms with E-state index in [-0.39, 0.29) is 5.97 Å². The number of carbonyl (C=O) groups excluding carboxylic acids is 2. The lowest BCUT2D eigenvalue weighted by molar-refractivity contribution is -0.473. The largest absolute Gasteiger partial charge is 0.539 e. The molecule has 164 valence electrons. The van der Waals surface area contributed by atoms with E-state index in [0.29, 0.717) is 23.9 Å². The summed E-state index contributed by atoms with van der Waals surface area (Å²) >= 11 is 1.53. The summed E-state index contributed by atoms with van der Waals surface area (Å²) in [4.78, 5) is 38.8. The van der Waals surface area contributed by atoms with Gasteiger partial charge in [-0.15, -0.1) is 0 Å². The average molecular weight is 439 g/mol. The monoisotopic (exact) mass is 438 g/mol. The molecule has 5 aliphatic rings. The van der Waals surface area contributed by atoms with E-state index < -0.39 is 11.9 Å². The average Bonchev–Trinajstić information content (AvgIpc) is 3.15. The number of thioether (sulfide) groups is 1. The Balaban J connectivity index is 0.000000377. The maximum Gasteiger partial charge on any atom is 0.363 e. The van der Waals surface area contributed by atoms with Crippen LogP contribution in [0.25, 0.3) is 0 Å². The van der Waals surface area contributed by atoms with Gasteiger partial charge in [0.05, 0.1) is 12.4 Å². The SMILES string of the molecule is CCOC(=O)C1=C(C)[NH2+]C(SCC(N)=NCC2C3CC4C(C3)C24)=N1.O=C([O-])C(=O)O. The number of carboxylic acids is 2. The Morgan fingerprint density at radius 1 is 1.37 bits per heavy atom. The van der Waals surface area contributed by atoms with Crippen molar-refractivity contribution in [3.05, 3.63) is 11.4 Å². The Morgan fingerprint density at radius 2 is 2.00 bits per heavy atom. The fourth-order valence-corrected chi connectivity index (χ4v) is 5.69. The number of aliphatic imine (C=N–C) groups is 2. The van der Waals surface area contributed by atoms with Gasteiger partial charge in [-0.1, -0.05) is 0 Å². The van der Waals surface area contributed by atoms with E-state index in [0.717, 1.165) is 47.0 Å². The van der Waals surface area contributed by atoms with Crippen LogP contribution in [0, 0.1) is 29.6 Å². The van der Waals surface area contributed by atoms with Crippen molar-refractivity contribution in [1.82, 2.24) is 0 Å². The highest BCUT2D eigenvalue weighted by Gasteiger charge is 2.67. The van der Waals surface area contributed by atoms with Crippen LogP contribution >= 0.6 is 11.8 Å². The second kappa shape index (κ2) is 9.17. The number of nitrogens with two attached hydrogens (primary N) is 2. The van der Waals surface area contributed by atoms with Gasteiger partial charge in [-0.2, -0.15) is 4.99 Å². The molecule has 0 saturated heterocycles. The van der Waals surface area contributed by atoms with Crippen molar-refractivity contribution < 1.29 is 34.7 Å². The van der Waals surface area contributed by atoms with Gasteiger partial charge in [0.25, 0.3) is 5.17 Å². The number of carbonyl (C=O) groups is 3. The predicted octanol–water partition coefficient (Wildman–Crippen LogP) is -1.47. The summed E-state index contributed by atoms with van der Waals surface area (Å²) in [5.41, 5.74) is 7.33. The van der Waals surface area contributed by atoms with Crippen LogP contribution in [-0.4, -0.2) is 52.9 Å². The first-order valence-electron chi connectivity index (χ1n) is 9.90. The molecule has 5 rings (SSSR count). The molecule has 4 bridgehead atoms. The zero-order valence-corrected chi connectivity index (χ0v) is 17.7. The van der Waals surface area contributed by atoms with Crippen molar-refractivity contribution in [3.63, 3.8) is 0 Å². The van der Waals surface area contributed by atoms with E-state index in [9.17, 15) is 4.79 Å². The molecule has 0 aromatic carbocycles. The summed E-state index contributed by atoms with van der Waals surface area (Å²) in [5, 5.41) is 19.0. The summed E-state index contributed by atoms with van der Waals surface area (Å²) in [6.07, 6.45) is 2.88. The molecule has 1 heterocycles. The number of hydrogen-bond acceptors (Lipinski definition) is 8. The second-order valence-corrected chi connectivity index (χ2v) is 8.86. The Labute approximate surface area is 178 Å². The zero-order valence-electron chi connectivity index (χ0n) is 16.9. The summed E-state index contributed by atoms with van der Waals surface area (Å²) < 4.78 is 5.01. The highest BCUT2D eigenvalue weighted by Crippen LogP contribution is 2.73. The van der Waals surface area contributed by atoms with Gasteiger partial charge in [0.2, 0.25) is 5.70 Å². The van der Waals surface area contributed by atoms with Crippen LogP contribution in [0.2, 0.25) is 0 Å². The van der Waals surface area contributed by atoms with Crippen LogP contribution < -0.4 is 16.2 Å². The van der Waals surface area contributed by atoms with E-state index in [2.05, 4.69) is 9.98 Å². The molecule has 0 radical (unpaired) electrons. The molecule has 0 aromatic rings. The molecular weight excluding hydrogens is 412 g/mol. The quantitative estimate of drug-likeness (QED) is 0.195. The third kappa shape index (κ3) is 4.84. The number of aliphatic carboxylic acids is 2. The predicted molar refractivity (Wildman–Crippen MR) is 107 cm³/mol. The molecule has 0 spiro atoms. The van der Waals surface area contributed by atoms with Gasteiger partial charge in [0.1, 0.15) is 11.5 Å². The number of rotatable bonds is 6. The van der Waals surface area contributed by atoms with E-state index in [1.54, 1.807) is 6.92 Å². The number of ether oxygens (including phenoxy) is 1. The second-order valence-electron chi connectivity index (χ2n) is 7.86. The Hall–Kier alpha value is -2.40. The van der Waals surface area contributed by atoms with Crippen molar-refractivity contribution in [2.45, 2.75) is 26.7 Å². The molecule has 0 aromatic heterocycles. The lowest BCUT2D eigenvalue weighted by Crippen LogP contribution is -2.83. The van der Waals surface area contributed by atoms with Crippen LogP contribution in [0.5, 0.6) is 0 Å². The number of carboxylic acid groups (broad SMARTS) is 2. The number of allylic oxidation sites excluding steroid dienone is 1. The Bertz CT molecular complexity index is 813. The summed E-state index contributed by atoms with van der Waals surface area (Å²) in [6.45, 7) is 4.92. The molecule has 3 unspecified atom stereocenters. The topological polar surface area (TPSA) is 171 Å². The third-order valence-electron chi connectivity index (χ3n) is 6.10. The minimum Gasteiger partial charge on any atom is -0.539 e. The van der Waals surface area contributed by atoms with E-state index in [1.807, 2.05) is 12.2 Å². The standard InChI is InChI=1S/C17H24N4O2S.C2H2O4/c1-3-23-16(22)15-8(2)20-17(21-15)24-7-13(18)19-6-12-9-4-10-11(5-9)14(10)12;3-1(4)2(5)6/h9-12,14H,3-7H2,1-2H3,(H2,18,19)(H,20,21);(H,3,4)(H,5,6). The van der Waals surface area contributed by atoms with Gasteiger partial charge in [0.15, 0.2) is 5.97 Å². The van der Waals surface area contributed by atoms with E-state index in [4.69, 9.17) is 30.3 Å². The number of esters is 1. The van der Waals surface area contributed by atoms with Crippen molar-refractivity contribution >= 4 is 40.7 Å². The lowest BCUT2D eigenvalue weighted by atomic mass is 9.99. The van der Waals surface area contributed by atoms with Gasteiger partial charge in [-0.25, -0.2) is 9.59 Å². The normalized spacial score (nSPS) is 30.5. The Kier molecular flexibility index (Phi) is 6.81. The Morgan fingerprint density at radius 3 is 2.50 bits per heavy atom. The highest BCUT2D eigenvalue weighted by molar-refractivity contribution is 8.13. The van der Waals surface area contributed by atoms with Crippen LogP contribution in [0.3, 0.4) is 0 Å². The van der Waals surface area contributed by atoms with Gasteiger partial charge in [0, 0.05) is 13.5 Å². The fourth-order valence-electron chi connectivity index (χ4n) is 4.88. The van der Waals surface area contributed by atoms with E-state index >= 15 is 0 Å². The van der Waals surface area contributed by atoms with Crippen molar-refractivity contribution in [1.29, 1.82) is 0 Å². The minimum atomic E-state index is -2.07. The highest BCUT2D eigenvalue weighted by atomic mass is 32.2. The minimum absolute atomic E-state index is 0.359. The lowest BCUT2D eigenvalue weighted by Gasteiger charge is -2.11. The van der Waals surface area contributed by atoms with Crippen LogP contribution in [0.1, 0.15) is 26.7 Å². The van der Waals surface area contributed by atoms with Gasteiger partial charge in [-0.05, 0) is 61.1 Å². The molecule has 3 atom stereocenters. The van der Waals surface area contributed by atoms with Gasteiger partial charge in [-0.3, -0.25) is 10.3 Å². The van der Waals surface area contributed by atoms with Crippen molar-refractivity contribution in [2.75, 3.05) is 18.9 Å². The molecule has 10 nitrogen and oxygen atoms in total. The molecule has 4 aliphatic carbocycles.